The van der Waals surface area contributed by atoms with Gasteiger partial charge in [0.05, 0.1) is 0 Å². The molecule has 0 aromatic carbocycles. The molecule has 0 saturated heterocycles. The van der Waals surface area contributed by atoms with Crippen molar-refractivity contribution in [2.45, 2.75) is 232 Å². The summed E-state index contributed by atoms with van der Waals surface area (Å²) in [5.74, 6) is -0.954. The number of allylic oxidation sites excluding steroid dienone is 16. The highest BCUT2D eigenvalue weighted by atomic mass is 16.6. The Hall–Kier alpha value is -3.67. The van der Waals surface area contributed by atoms with Crippen molar-refractivity contribution in [1.82, 2.24) is 0 Å². The molecular formula is C57H94O6. The fraction of sp³-hybridized carbons (Fsp3) is 0.667. The Bertz CT molecular complexity index is 1280. The molecule has 0 heterocycles. The first-order valence-corrected chi connectivity index (χ1v) is 25.8. The van der Waals surface area contributed by atoms with E-state index in [2.05, 4.69) is 45.1 Å². The molecule has 1 atom stereocenters. The number of carbonyl (C=O) groups is 3. The first-order valence-electron chi connectivity index (χ1n) is 25.8. The average molecular weight is 875 g/mol. The summed E-state index contributed by atoms with van der Waals surface area (Å²) in [4.78, 5) is 37.9. The normalized spacial score (nSPS) is 12.9. The van der Waals surface area contributed by atoms with Crippen LogP contribution >= 0.6 is 0 Å². The van der Waals surface area contributed by atoms with Crippen LogP contribution in [-0.2, 0) is 28.6 Å². The molecule has 0 bridgehead atoms. The lowest BCUT2D eigenvalue weighted by Crippen LogP contribution is -2.30. The number of esters is 3. The lowest BCUT2D eigenvalue weighted by molar-refractivity contribution is -0.167. The second-order valence-corrected chi connectivity index (χ2v) is 16.9. The van der Waals surface area contributed by atoms with Crippen molar-refractivity contribution < 1.29 is 28.6 Å². The predicted molar refractivity (Wildman–Crippen MR) is 270 cm³/mol. The maximum Gasteiger partial charge on any atom is 0.306 e. The summed E-state index contributed by atoms with van der Waals surface area (Å²) in [5.41, 5.74) is 0. The molecule has 0 aliphatic heterocycles. The summed E-state index contributed by atoms with van der Waals surface area (Å²) in [6.07, 6.45) is 66.7. The van der Waals surface area contributed by atoms with E-state index in [1.807, 2.05) is 72.9 Å². The van der Waals surface area contributed by atoms with Gasteiger partial charge in [0, 0.05) is 19.3 Å². The van der Waals surface area contributed by atoms with E-state index >= 15 is 0 Å². The highest BCUT2D eigenvalue weighted by Crippen LogP contribution is 2.14. The third-order valence-corrected chi connectivity index (χ3v) is 10.8. The number of hydrogen-bond acceptors (Lipinski definition) is 6. The minimum absolute atomic E-state index is 0.0953. The van der Waals surface area contributed by atoms with Crippen LogP contribution < -0.4 is 0 Å². The van der Waals surface area contributed by atoms with Crippen LogP contribution in [0.15, 0.2) is 97.2 Å². The van der Waals surface area contributed by atoms with Gasteiger partial charge in [-0.05, 0) is 64.2 Å². The van der Waals surface area contributed by atoms with E-state index in [1.165, 1.54) is 103 Å². The van der Waals surface area contributed by atoms with Crippen molar-refractivity contribution in [2.75, 3.05) is 13.2 Å². The van der Waals surface area contributed by atoms with Crippen molar-refractivity contribution in [3.8, 4) is 0 Å². The summed E-state index contributed by atoms with van der Waals surface area (Å²) in [6.45, 7) is 6.42. The molecule has 6 nitrogen and oxygen atoms in total. The van der Waals surface area contributed by atoms with E-state index in [1.54, 1.807) is 0 Å². The summed E-state index contributed by atoms with van der Waals surface area (Å²) in [7, 11) is 0. The molecule has 0 aromatic rings. The lowest BCUT2D eigenvalue weighted by atomic mass is 10.1. The van der Waals surface area contributed by atoms with Crippen molar-refractivity contribution in [1.29, 1.82) is 0 Å². The minimum atomic E-state index is -0.799. The summed E-state index contributed by atoms with van der Waals surface area (Å²) < 4.78 is 16.7. The standard InChI is InChI=1S/C57H94O6/c1-4-7-10-13-16-19-22-24-26-28-29-30-32-33-35-38-41-44-47-50-56(59)62-53-54(52-61-55(58)49-46-43-40-37-21-18-15-12-9-6-3)63-57(60)51-48-45-42-39-36-34-31-27-25-23-20-17-14-11-8-5-2/h7,10,13,16,19,22,24,26-33,35,54H,4-6,8-9,11-12,14-15,17-18,20-21,23,25,34,36-53H2,1-3H3/b10-7-,16-13-,22-19-,26-24-,29-28+,31-27-,32-30-,35-33-. The van der Waals surface area contributed by atoms with Gasteiger partial charge in [0.25, 0.3) is 0 Å². The summed E-state index contributed by atoms with van der Waals surface area (Å²) >= 11 is 0. The monoisotopic (exact) mass is 875 g/mol. The van der Waals surface area contributed by atoms with Crippen LogP contribution in [0.25, 0.3) is 0 Å². The molecule has 6 heteroatoms. The van der Waals surface area contributed by atoms with E-state index in [4.69, 9.17) is 14.2 Å². The van der Waals surface area contributed by atoms with Crippen molar-refractivity contribution in [3.63, 3.8) is 0 Å². The van der Waals surface area contributed by atoms with Gasteiger partial charge in [-0.15, -0.1) is 0 Å². The zero-order valence-electron chi connectivity index (χ0n) is 40.8. The molecule has 0 aromatic heterocycles. The first-order chi connectivity index (χ1) is 31.0. The van der Waals surface area contributed by atoms with Gasteiger partial charge in [0.15, 0.2) is 6.10 Å². The minimum Gasteiger partial charge on any atom is -0.462 e. The van der Waals surface area contributed by atoms with Crippen LogP contribution in [0.3, 0.4) is 0 Å². The Morgan fingerprint density at radius 1 is 0.333 bits per heavy atom. The maximum absolute atomic E-state index is 12.8. The fourth-order valence-electron chi connectivity index (χ4n) is 6.89. The molecule has 1 unspecified atom stereocenters. The molecule has 0 radical (unpaired) electrons. The van der Waals surface area contributed by atoms with Crippen LogP contribution in [-0.4, -0.2) is 37.2 Å². The van der Waals surface area contributed by atoms with E-state index in [-0.39, 0.29) is 31.1 Å². The van der Waals surface area contributed by atoms with Gasteiger partial charge in [-0.2, -0.15) is 0 Å². The first kappa shape index (κ1) is 59.3. The SMILES string of the molecule is CC\C=C/C=C\C=C/C=C\C=C\C=C/C=C\CCCCCC(=O)OCC(COC(=O)CCCCCCCCCCCC)OC(=O)CCCCCCC/C=C\CCCCCCCCC. The average Bonchev–Trinajstić information content (AvgIpc) is 3.28. The van der Waals surface area contributed by atoms with Crippen LogP contribution in [0.5, 0.6) is 0 Å². The molecule has 0 aliphatic carbocycles. The largest absolute Gasteiger partial charge is 0.462 e. The van der Waals surface area contributed by atoms with Gasteiger partial charge in [0.2, 0.25) is 0 Å². The quantitative estimate of drug-likeness (QED) is 0.0199. The third-order valence-electron chi connectivity index (χ3n) is 10.8. The van der Waals surface area contributed by atoms with Crippen LogP contribution in [0.1, 0.15) is 226 Å². The van der Waals surface area contributed by atoms with Crippen molar-refractivity contribution in [2.24, 2.45) is 0 Å². The fourth-order valence-corrected chi connectivity index (χ4v) is 6.89. The Kier molecular flexibility index (Phi) is 48.0. The number of unbranched alkanes of at least 4 members (excludes halogenated alkanes) is 24. The number of ether oxygens (including phenoxy) is 3. The van der Waals surface area contributed by atoms with E-state index in [0.29, 0.717) is 19.3 Å². The topological polar surface area (TPSA) is 78.9 Å². The molecule has 0 rings (SSSR count). The van der Waals surface area contributed by atoms with E-state index in [0.717, 1.165) is 83.5 Å². The number of rotatable bonds is 45. The molecule has 63 heavy (non-hydrogen) atoms. The highest BCUT2D eigenvalue weighted by molar-refractivity contribution is 5.71. The van der Waals surface area contributed by atoms with Gasteiger partial charge < -0.3 is 14.2 Å². The predicted octanol–water partition coefficient (Wildman–Crippen LogP) is 17.0. The zero-order valence-corrected chi connectivity index (χ0v) is 40.8. The third kappa shape index (κ3) is 49.2. The zero-order chi connectivity index (χ0) is 45.8. The molecule has 0 N–H and O–H groups in total. The Morgan fingerprint density at radius 3 is 1.03 bits per heavy atom. The Morgan fingerprint density at radius 2 is 0.635 bits per heavy atom. The molecule has 358 valence electrons. The van der Waals surface area contributed by atoms with Crippen LogP contribution in [0.4, 0.5) is 0 Å². The number of hydrogen-bond donors (Lipinski definition) is 0. The smallest absolute Gasteiger partial charge is 0.306 e. The lowest BCUT2D eigenvalue weighted by Gasteiger charge is -2.18. The summed E-state index contributed by atoms with van der Waals surface area (Å²) in [6, 6.07) is 0. The van der Waals surface area contributed by atoms with Gasteiger partial charge >= 0.3 is 17.9 Å². The highest BCUT2D eigenvalue weighted by Gasteiger charge is 2.19. The van der Waals surface area contributed by atoms with Gasteiger partial charge in [-0.1, -0.05) is 240 Å². The Labute approximate surface area is 387 Å². The number of carbonyl (C=O) groups excluding carboxylic acids is 3. The molecule has 0 amide bonds. The molecular weight excluding hydrogens is 781 g/mol. The Balaban J connectivity index is 4.48. The van der Waals surface area contributed by atoms with E-state index in [9.17, 15) is 14.4 Å². The molecule has 0 saturated carbocycles. The van der Waals surface area contributed by atoms with Gasteiger partial charge in [-0.3, -0.25) is 14.4 Å². The second kappa shape index (κ2) is 51.0. The molecule has 0 fully saturated rings. The van der Waals surface area contributed by atoms with Crippen molar-refractivity contribution in [3.05, 3.63) is 97.2 Å². The summed E-state index contributed by atoms with van der Waals surface area (Å²) in [5, 5.41) is 0. The van der Waals surface area contributed by atoms with Crippen LogP contribution in [0.2, 0.25) is 0 Å². The maximum atomic E-state index is 12.8. The van der Waals surface area contributed by atoms with Crippen molar-refractivity contribution >= 4 is 17.9 Å². The molecule has 0 spiro atoms. The molecule has 0 aliphatic rings. The van der Waals surface area contributed by atoms with Gasteiger partial charge in [0.1, 0.15) is 13.2 Å². The van der Waals surface area contributed by atoms with Crippen LogP contribution in [0, 0.1) is 0 Å². The second-order valence-electron chi connectivity index (χ2n) is 16.9. The van der Waals surface area contributed by atoms with Gasteiger partial charge in [-0.25, -0.2) is 0 Å². The van der Waals surface area contributed by atoms with E-state index < -0.39 is 6.10 Å².